The molecule has 8 nitrogen and oxygen atoms in total. The highest BCUT2D eigenvalue weighted by atomic mass is 79.9. The minimum Gasteiger partial charge on any atom is -0.490 e. The van der Waals surface area contributed by atoms with Crippen LogP contribution in [0.5, 0.6) is 11.5 Å². The van der Waals surface area contributed by atoms with Crippen LogP contribution in [0.1, 0.15) is 12.5 Å². The lowest BCUT2D eigenvalue weighted by Crippen LogP contribution is -2.25. The van der Waals surface area contributed by atoms with E-state index in [9.17, 15) is 18.8 Å². The molecule has 1 aliphatic heterocycles. The lowest BCUT2D eigenvalue weighted by atomic mass is 10.1. The summed E-state index contributed by atoms with van der Waals surface area (Å²) >= 11 is 3.39. The van der Waals surface area contributed by atoms with Gasteiger partial charge in [0.25, 0.3) is 11.8 Å². The molecule has 162 valence electrons. The molecule has 0 atom stereocenters. The summed E-state index contributed by atoms with van der Waals surface area (Å²) in [6, 6.07) is 8.15. The SMILES string of the molecule is CCOc1cc(/C=C2/NC(=O)N(C)C2=O)cc(Br)c1OCC(=O)Nc1ccc(F)cc1. The number of halogens is 2. The summed E-state index contributed by atoms with van der Waals surface area (Å²) in [5, 5.41) is 5.09. The van der Waals surface area contributed by atoms with Crippen LogP contribution in [-0.2, 0) is 9.59 Å². The molecule has 0 spiro atoms. The monoisotopic (exact) mass is 491 g/mol. The normalized spacial score (nSPS) is 14.6. The second kappa shape index (κ2) is 9.61. The van der Waals surface area contributed by atoms with Crippen molar-refractivity contribution in [1.29, 1.82) is 0 Å². The Kier molecular flexibility index (Phi) is 6.91. The maximum absolute atomic E-state index is 13.0. The number of hydrogen-bond acceptors (Lipinski definition) is 5. The van der Waals surface area contributed by atoms with Crippen LogP contribution in [0.2, 0.25) is 0 Å². The molecule has 0 radical (unpaired) electrons. The van der Waals surface area contributed by atoms with Crippen molar-refractivity contribution in [3.8, 4) is 11.5 Å². The highest BCUT2D eigenvalue weighted by molar-refractivity contribution is 9.10. The van der Waals surface area contributed by atoms with Crippen molar-refractivity contribution < 1.29 is 28.2 Å². The Hall–Kier alpha value is -3.40. The molecular weight excluding hydrogens is 473 g/mol. The molecule has 2 N–H and O–H groups in total. The van der Waals surface area contributed by atoms with Crippen molar-refractivity contribution in [1.82, 2.24) is 10.2 Å². The Labute approximate surface area is 186 Å². The quantitative estimate of drug-likeness (QED) is 0.456. The smallest absolute Gasteiger partial charge is 0.328 e. The van der Waals surface area contributed by atoms with E-state index < -0.39 is 23.7 Å². The number of imide groups is 1. The first-order chi connectivity index (χ1) is 14.8. The van der Waals surface area contributed by atoms with Crippen molar-refractivity contribution in [3.63, 3.8) is 0 Å². The summed E-state index contributed by atoms with van der Waals surface area (Å²) in [4.78, 5) is 36.8. The number of amides is 4. The van der Waals surface area contributed by atoms with Gasteiger partial charge < -0.3 is 20.1 Å². The van der Waals surface area contributed by atoms with Crippen LogP contribution < -0.4 is 20.1 Å². The molecule has 0 bridgehead atoms. The second-order valence-electron chi connectivity index (χ2n) is 6.46. The third-order valence-electron chi connectivity index (χ3n) is 4.20. The van der Waals surface area contributed by atoms with E-state index in [1.807, 2.05) is 0 Å². The number of nitrogens with zero attached hydrogens (tertiary/aromatic N) is 1. The molecule has 31 heavy (non-hydrogen) atoms. The molecule has 2 aromatic rings. The number of urea groups is 1. The van der Waals surface area contributed by atoms with Gasteiger partial charge in [-0.25, -0.2) is 9.18 Å². The van der Waals surface area contributed by atoms with Gasteiger partial charge in [0.1, 0.15) is 11.5 Å². The summed E-state index contributed by atoms with van der Waals surface area (Å²) in [7, 11) is 1.38. The molecular formula is C21H19BrFN3O5. The summed E-state index contributed by atoms with van der Waals surface area (Å²) in [5.41, 5.74) is 1.15. The number of benzene rings is 2. The molecule has 0 aromatic heterocycles. The highest BCUT2D eigenvalue weighted by Crippen LogP contribution is 2.37. The van der Waals surface area contributed by atoms with Crippen molar-refractivity contribution in [2.45, 2.75) is 6.92 Å². The van der Waals surface area contributed by atoms with Gasteiger partial charge in [-0.15, -0.1) is 0 Å². The van der Waals surface area contributed by atoms with Crippen LogP contribution >= 0.6 is 15.9 Å². The predicted molar refractivity (Wildman–Crippen MR) is 115 cm³/mol. The van der Waals surface area contributed by atoms with E-state index in [2.05, 4.69) is 26.6 Å². The van der Waals surface area contributed by atoms with Crippen LogP contribution in [-0.4, -0.2) is 43.0 Å². The first-order valence-corrected chi connectivity index (χ1v) is 10.0. The number of anilines is 1. The molecule has 1 fully saturated rings. The van der Waals surface area contributed by atoms with E-state index in [1.165, 1.54) is 37.4 Å². The van der Waals surface area contributed by atoms with Gasteiger partial charge in [-0.1, -0.05) is 0 Å². The third-order valence-corrected chi connectivity index (χ3v) is 4.79. The average molecular weight is 492 g/mol. The number of ether oxygens (including phenoxy) is 2. The topological polar surface area (TPSA) is 97.0 Å². The van der Waals surface area contributed by atoms with Gasteiger partial charge in [0.05, 0.1) is 11.1 Å². The number of hydrogen-bond donors (Lipinski definition) is 2. The Morgan fingerprint density at radius 1 is 1.23 bits per heavy atom. The van der Waals surface area contributed by atoms with Gasteiger partial charge in [0, 0.05) is 12.7 Å². The average Bonchev–Trinajstić information content (AvgIpc) is 2.96. The van der Waals surface area contributed by atoms with Gasteiger partial charge >= 0.3 is 6.03 Å². The van der Waals surface area contributed by atoms with Crippen LogP contribution in [0.15, 0.2) is 46.6 Å². The van der Waals surface area contributed by atoms with Gasteiger partial charge in [-0.2, -0.15) is 0 Å². The van der Waals surface area contributed by atoms with E-state index in [-0.39, 0.29) is 12.3 Å². The van der Waals surface area contributed by atoms with E-state index >= 15 is 0 Å². The molecule has 1 heterocycles. The standard InChI is InChI=1S/C21H19BrFN3O5/c1-3-30-17-10-12(9-16-20(28)26(2)21(29)25-16)8-15(22)19(17)31-11-18(27)24-14-6-4-13(23)5-7-14/h4-10H,3,11H2,1-2H3,(H,24,27)(H,25,29)/b16-9+. The fourth-order valence-electron chi connectivity index (χ4n) is 2.73. The van der Waals surface area contributed by atoms with Crippen molar-refractivity contribution >= 4 is 45.5 Å². The zero-order valence-electron chi connectivity index (χ0n) is 16.7. The fraction of sp³-hybridized carbons (Fsp3) is 0.190. The lowest BCUT2D eigenvalue weighted by molar-refractivity contribution is -0.122. The Bertz CT molecular complexity index is 1060. The van der Waals surface area contributed by atoms with Gasteiger partial charge in [0.2, 0.25) is 0 Å². The largest absolute Gasteiger partial charge is 0.490 e. The summed E-state index contributed by atoms with van der Waals surface area (Å²) < 4.78 is 24.7. The number of rotatable bonds is 7. The number of likely N-dealkylation sites (N-methyl/N-ethyl adjacent to an activating group) is 1. The van der Waals surface area contributed by atoms with E-state index in [4.69, 9.17) is 9.47 Å². The van der Waals surface area contributed by atoms with Crippen LogP contribution in [0.25, 0.3) is 6.08 Å². The Balaban J connectivity index is 1.76. The molecule has 4 amide bonds. The first-order valence-electron chi connectivity index (χ1n) is 9.23. The molecule has 2 aromatic carbocycles. The molecule has 1 saturated heterocycles. The minimum absolute atomic E-state index is 0.134. The summed E-state index contributed by atoms with van der Waals surface area (Å²) in [5.74, 6) is -0.632. The zero-order chi connectivity index (χ0) is 22.5. The van der Waals surface area contributed by atoms with Crippen molar-refractivity contribution in [3.05, 3.63) is 57.9 Å². The predicted octanol–water partition coefficient (Wildman–Crippen LogP) is 3.53. The van der Waals surface area contributed by atoms with Crippen molar-refractivity contribution in [2.75, 3.05) is 25.6 Å². The van der Waals surface area contributed by atoms with E-state index in [0.29, 0.717) is 33.8 Å². The van der Waals surface area contributed by atoms with E-state index in [0.717, 1.165) is 4.90 Å². The van der Waals surface area contributed by atoms with Crippen LogP contribution in [0.3, 0.4) is 0 Å². The molecule has 0 aliphatic carbocycles. The Morgan fingerprint density at radius 2 is 1.94 bits per heavy atom. The van der Waals surface area contributed by atoms with Crippen LogP contribution in [0.4, 0.5) is 14.9 Å². The molecule has 0 saturated carbocycles. The summed E-state index contributed by atoms with van der Waals surface area (Å²) in [6.07, 6.45) is 1.52. The van der Waals surface area contributed by atoms with E-state index in [1.54, 1.807) is 19.1 Å². The zero-order valence-corrected chi connectivity index (χ0v) is 18.3. The van der Waals surface area contributed by atoms with Crippen molar-refractivity contribution in [2.24, 2.45) is 0 Å². The number of nitrogens with one attached hydrogen (secondary N) is 2. The maximum atomic E-state index is 13.0. The maximum Gasteiger partial charge on any atom is 0.328 e. The van der Waals surface area contributed by atoms with Crippen LogP contribution in [0, 0.1) is 5.82 Å². The molecule has 1 aliphatic rings. The first kappa shape index (κ1) is 22.3. The third kappa shape index (κ3) is 5.40. The number of carbonyl (C=O) groups excluding carboxylic acids is 3. The lowest BCUT2D eigenvalue weighted by Gasteiger charge is -2.15. The molecule has 3 rings (SSSR count). The van der Waals surface area contributed by atoms with Gasteiger partial charge in [0.15, 0.2) is 18.1 Å². The number of carbonyl (C=O) groups is 3. The fourth-order valence-corrected chi connectivity index (χ4v) is 3.31. The molecule has 10 heteroatoms. The van der Waals surface area contributed by atoms with Gasteiger partial charge in [-0.3, -0.25) is 14.5 Å². The summed E-state index contributed by atoms with van der Waals surface area (Å²) in [6.45, 7) is 1.82. The second-order valence-corrected chi connectivity index (χ2v) is 7.31. The Morgan fingerprint density at radius 3 is 2.55 bits per heavy atom. The molecule has 0 unspecified atom stereocenters. The van der Waals surface area contributed by atoms with Gasteiger partial charge in [-0.05, 0) is 70.9 Å². The minimum atomic E-state index is -0.507. The highest BCUT2D eigenvalue weighted by Gasteiger charge is 2.30.